The van der Waals surface area contributed by atoms with Crippen LogP contribution in [-0.2, 0) is 4.74 Å². The van der Waals surface area contributed by atoms with Gasteiger partial charge in [-0.15, -0.1) is 0 Å². The lowest BCUT2D eigenvalue weighted by Gasteiger charge is -2.13. The predicted molar refractivity (Wildman–Crippen MR) is 92.6 cm³/mol. The van der Waals surface area contributed by atoms with Crippen molar-refractivity contribution in [2.45, 2.75) is 13.2 Å². The number of aliphatic hydroxyl groups is 2. The van der Waals surface area contributed by atoms with Gasteiger partial charge in [-0.3, -0.25) is 5.41 Å². The minimum Gasteiger partial charge on any atom is -0.492 e. The van der Waals surface area contributed by atoms with Crippen molar-refractivity contribution in [3.63, 3.8) is 0 Å². The zero-order chi connectivity index (χ0) is 18.6. The molecule has 0 aliphatic rings. The SMILES string of the molecule is COC(=O)c1cccc(Nc2snc(O)c2C(=N)NCC(O)O)c1C. The van der Waals surface area contributed by atoms with Crippen molar-refractivity contribution < 1.29 is 24.9 Å². The molecular formula is C15H18N4O5S. The molecule has 0 amide bonds. The molecular weight excluding hydrogens is 348 g/mol. The van der Waals surface area contributed by atoms with Gasteiger partial charge in [-0.05, 0) is 36.2 Å². The van der Waals surface area contributed by atoms with Crippen molar-refractivity contribution in [2.24, 2.45) is 0 Å². The number of nitrogens with one attached hydrogen (secondary N) is 3. The second-order valence-corrected chi connectivity index (χ2v) is 5.81. The molecule has 10 heteroatoms. The number of aliphatic hydroxyl groups excluding tert-OH is 1. The monoisotopic (exact) mass is 366 g/mol. The third-order valence-electron chi connectivity index (χ3n) is 3.37. The van der Waals surface area contributed by atoms with Gasteiger partial charge in [0.25, 0.3) is 0 Å². The van der Waals surface area contributed by atoms with Crippen molar-refractivity contribution in [3.05, 3.63) is 34.9 Å². The molecule has 0 radical (unpaired) electrons. The van der Waals surface area contributed by atoms with Crippen LogP contribution in [-0.4, -0.2) is 51.4 Å². The van der Waals surface area contributed by atoms with E-state index in [1.165, 1.54) is 7.11 Å². The molecule has 1 aromatic carbocycles. The van der Waals surface area contributed by atoms with Crippen molar-refractivity contribution >= 4 is 34.0 Å². The lowest BCUT2D eigenvalue weighted by atomic mass is 10.1. The number of ether oxygens (including phenoxy) is 1. The molecule has 0 aliphatic heterocycles. The number of rotatable bonds is 6. The van der Waals surface area contributed by atoms with Gasteiger partial charge in [-0.1, -0.05) is 6.07 Å². The lowest BCUT2D eigenvalue weighted by molar-refractivity contribution is -0.0341. The number of benzene rings is 1. The molecule has 134 valence electrons. The normalized spacial score (nSPS) is 10.6. The number of hydrogen-bond acceptors (Lipinski definition) is 9. The largest absolute Gasteiger partial charge is 0.492 e. The molecule has 2 aromatic rings. The molecule has 0 unspecified atom stereocenters. The Kier molecular flexibility index (Phi) is 5.91. The van der Waals surface area contributed by atoms with E-state index in [1.807, 2.05) is 0 Å². The van der Waals surface area contributed by atoms with Crippen LogP contribution < -0.4 is 10.6 Å². The maximum atomic E-state index is 11.8. The first-order chi connectivity index (χ1) is 11.8. The van der Waals surface area contributed by atoms with E-state index in [0.29, 0.717) is 21.8 Å². The van der Waals surface area contributed by atoms with Crippen molar-refractivity contribution in [1.29, 1.82) is 5.41 Å². The number of nitrogens with zero attached hydrogens (tertiary/aromatic N) is 1. The van der Waals surface area contributed by atoms with E-state index in [4.69, 9.17) is 20.4 Å². The molecule has 0 spiro atoms. The van der Waals surface area contributed by atoms with Crippen molar-refractivity contribution in [2.75, 3.05) is 19.0 Å². The number of aromatic nitrogens is 1. The maximum Gasteiger partial charge on any atom is 0.338 e. The smallest absolute Gasteiger partial charge is 0.338 e. The van der Waals surface area contributed by atoms with Gasteiger partial charge in [-0.25, -0.2) is 4.79 Å². The Hall–Kier alpha value is -2.69. The molecule has 25 heavy (non-hydrogen) atoms. The summed E-state index contributed by atoms with van der Waals surface area (Å²) in [6.45, 7) is 1.46. The summed E-state index contributed by atoms with van der Waals surface area (Å²) in [5.41, 5.74) is 1.70. The predicted octanol–water partition coefficient (Wildman–Crippen LogP) is 0.913. The Morgan fingerprint density at radius 3 is 2.80 bits per heavy atom. The zero-order valence-electron chi connectivity index (χ0n) is 13.5. The topological polar surface area (TPSA) is 148 Å². The molecule has 0 fully saturated rings. The van der Waals surface area contributed by atoms with Crippen LogP contribution in [0.3, 0.4) is 0 Å². The Labute approximate surface area is 147 Å². The Morgan fingerprint density at radius 1 is 1.44 bits per heavy atom. The van der Waals surface area contributed by atoms with Crippen LogP contribution in [0.25, 0.3) is 0 Å². The number of carbonyl (C=O) groups excluding carboxylic acids is 1. The third-order valence-corrected chi connectivity index (χ3v) is 4.13. The molecule has 1 heterocycles. The minimum atomic E-state index is -1.63. The molecule has 0 atom stereocenters. The van der Waals surface area contributed by atoms with Gasteiger partial charge in [0.1, 0.15) is 16.4 Å². The summed E-state index contributed by atoms with van der Waals surface area (Å²) >= 11 is 0.929. The molecule has 0 aliphatic carbocycles. The van der Waals surface area contributed by atoms with Crippen LogP contribution in [0.15, 0.2) is 18.2 Å². The van der Waals surface area contributed by atoms with Gasteiger partial charge < -0.3 is 30.7 Å². The highest BCUT2D eigenvalue weighted by Crippen LogP contribution is 2.33. The Morgan fingerprint density at radius 2 is 2.16 bits per heavy atom. The quantitative estimate of drug-likeness (QED) is 0.191. The highest BCUT2D eigenvalue weighted by atomic mass is 32.1. The van der Waals surface area contributed by atoms with Gasteiger partial charge in [0.15, 0.2) is 6.29 Å². The fourth-order valence-corrected chi connectivity index (χ4v) is 2.81. The molecule has 2 rings (SSSR count). The van der Waals surface area contributed by atoms with Gasteiger partial charge in [0.05, 0.1) is 19.2 Å². The number of anilines is 2. The lowest BCUT2D eigenvalue weighted by Crippen LogP contribution is -2.32. The van der Waals surface area contributed by atoms with E-state index >= 15 is 0 Å². The number of amidine groups is 1. The van der Waals surface area contributed by atoms with Crippen molar-refractivity contribution in [1.82, 2.24) is 9.69 Å². The number of methoxy groups -OCH3 is 1. The van der Waals surface area contributed by atoms with Crippen LogP contribution >= 0.6 is 11.5 Å². The highest BCUT2D eigenvalue weighted by Gasteiger charge is 2.20. The number of esters is 1. The second-order valence-electron chi connectivity index (χ2n) is 5.04. The van der Waals surface area contributed by atoms with Gasteiger partial charge in [-0.2, -0.15) is 4.37 Å². The fraction of sp³-hybridized carbons (Fsp3) is 0.267. The van der Waals surface area contributed by atoms with Crippen LogP contribution in [0.4, 0.5) is 10.7 Å². The van der Waals surface area contributed by atoms with Gasteiger partial charge in [0.2, 0.25) is 5.88 Å². The number of aromatic hydroxyl groups is 1. The van der Waals surface area contributed by atoms with Crippen LogP contribution in [0.5, 0.6) is 5.88 Å². The molecule has 6 N–H and O–H groups in total. The van der Waals surface area contributed by atoms with Crippen LogP contribution in [0.1, 0.15) is 21.5 Å². The first-order valence-electron chi connectivity index (χ1n) is 7.17. The van der Waals surface area contributed by atoms with E-state index in [-0.39, 0.29) is 23.8 Å². The standard InChI is InChI=1S/C15H18N4O5S/c1-7-8(15(23)24-2)4-3-5-9(7)18-14-11(13(22)19-25-14)12(16)17-6-10(20)21/h3-5,10,18,20-21H,6H2,1-2H3,(H2,16,17)(H,19,22). The first kappa shape index (κ1) is 18.6. The van der Waals surface area contributed by atoms with Crippen molar-refractivity contribution in [3.8, 4) is 5.88 Å². The molecule has 1 aromatic heterocycles. The summed E-state index contributed by atoms with van der Waals surface area (Å²) in [7, 11) is 1.30. The van der Waals surface area contributed by atoms with Crippen LogP contribution in [0.2, 0.25) is 0 Å². The van der Waals surface area contributed by atoms with E-state index in [1.54, 1.807) is 25.1 Å². The first-order valence-corrected chi connectivity index (χ1v) is 7.95. The summed E-state index contributed by atoms with van der Waals surface area (Å²) in [5, 5.41) is 41.4. The molecule has 9 nitrogen and oxygen atoms in total. The highest BCUT2D eigenvalue weighted by molar-refractivity contribution is 7.11. The average molecular weight is 366 g/mol. The van der Waals surface area contributed by atoms with Crippen LogP contribution in [0, 0.1) is 12.3 Å². The summed E-state index contributed by atoms with van der Waals surface area (Å²) in [6, 6.07) is 5.04. The van der Waals surface area contributed by atoms with Gasteiger partial charge in [0, 0.05) is 5.69 Å². The molecule has 0 bridgehead atoms. The maximum absolute atomic E-state index is 11.8. The summed E-state index contributed by atoms with van der Waals surface area (Å²) in [5.74, 6) is -1.05. The molecule has 0 saturated heterocycles. The van der Waals surface area contributed by atoms with E-state index in [9.17, 15) is 9.90 Å². The van der Waals surface area contributed by atoms with E-state index in [2.05, 4.69) is 15.0 Å². The minimum absolute atomic E-state index is 0.0912. The average Bonchev–Trinajstić information content (AvgIpc) is 2.94. The zero-order valence-corrected chi connectivity index (χ0v) is 14.3. The Balaban J connectivity index is 2.30. The number of hydrogen-bond donors (Lipinski definition) is 6. The third kappa shape index (κ3) is 4.24. The number of carbonyl (C=O) groups is 1. The summed E-state index contributed by atoms with van der Waals surface area (Å²) < 4.78 is 8.54. The summed E-state index contributed by atoms with van der Waals surface area (Å²) in [4.78, 5) is 11.8. The summed E-state index contributed by atoms with van der Waals surface area (Å²) in [6.07, 6.45) is -1.63. The van der Waals surface area contributed by atoms with Gasteiger partial charge >= 0.3 is 5.97 Å². The second kappa shape index (κ2) is 7.92. The fourth-order valence-electron chi connectivity index (χ4n) is 2.10. The van der Waals surface area contributed by atoms with E-state index in [0.717, 1.165) is 11.5 Å². The molecule has 0 saturated carbocycles. The Bertz CT molecular complexity index is 790. The van der Waals surface area contributed by atoms with E-state index < -0.39 is 12.3 Å².